The van der Waals surface area contributed by atoms with Gasteiger partial charge in [0.15, 0.2) is 5.78 Å². The minimum atomic E-state index is -0.656. The molecule has 1 aromatic heterocycles. The molecule has 6 rings (SSSR count). The van der Waals surface area contributed by atoms with Crippen molar-refractivity contribution in [1.82, 2.24) is 9.78 Å². The van der Waals surface area contributed by atoms with E-state index in [0.29, 0.717) is 44.5 Å². The van der Waals surface area contributed by atoms with Crippen LogP contribution in [-0.2, 0) is 6.54 Å². The zero-order valence-corrected chi connectivity index (χ0v) is 20.1. The van der Waals surface area contributed by atoms with Gasteiger partial charge >= 0.3 is 5.97 Å². The molecule has 0 aliphatic heterocycles. The molecule has 0 amide bonds. The number of fused-ring (bicyclic) bond motifs is 4. The lowest BCUT2D eigenvalue weighted by Gasteiger charge is -2.08. The minimum absolute atomic E-state index is 0.0277. The first kappa shape index (κ1) is 23.1. The summed E-state index contributed by atoms with van der Waals surface area (Å²) in [5.74, 6) is -0.188. The van der Waals surface area contributed by atoms with Gasteiger partial charge in [-0.05, 0) is 35.4 Å². The third-order valence-electron chi connectivity index (χ3n) is 6.54. The Morgan fingerprint density at radius 3 is 2.50 bits per heavy atom. The molecule has 186 valence electrons. The third kappa shape index (κ3) is 3.77. The molecule has 0 spiro atoms. The average molecular weight is 505 g/mol. The molecule has 0 bridgehead atoms. The van der Waals surface area contributed by atoms with Gasteiger partial charge in [-0.3, -0.25) is 19.6 Å². The van der Waals surface area contributed by atoms with Crippen LogP contribution in [0.25, 0.3) is 22.0 Å². The standard InChI is InChI=1S/C29H19N3O6/c1-37-19-12-13-25-24(15-19)28(30-31(25)16-17-6-4-7-18(14-17)32(35)36)38-29(34)23-11-5-10-22-26(23)20-8-2-3-9-21(20)27(22)33/h2-15H,16H2,1H3. The summed E-state index contributed by atoms with van der Waals surface area (Å²) in [6.45, 7) is 0.213. The number of nitro groups is 1. The Bertz CT molecular complexity index is 1790. The highest BCUT2D eigenvalue weighted by Gasteiger charge is 2.31. The smallest absolute Gasteiger partial charge is 0.345 e. The van der Waals surface area contributed by atoms with E-state index in [0.717, 1.165) is 0 Å². The number of esters is 1. The highest BCUT2D eigenvalue weighted by molar-refractivity contribution is 6.24. The highest BCUT2D eigenvalue weighted by atomic mass is 16.6. The van der Waals surface area contributed by atoms with Crippen molar-refractivity contribution in [1.29, 1.82) is 0 Å². The first-order valence-corrected chi connectivity index (χ1v) is 11.7. The van der Waals surface area contributed by atoms with Gasteiger partial charge in [0.1, 0.15) is 5.75 Å². The maximum Gasteiger partial charge on any atom is 0.345 e. The Kier molecular flexibility index (Phi) is 5.45. The Balaban J connectivity index is 1.41. The summed E-state index contributed by atoms with van der Waals surface area (Å²) < 4.78 is 12.8. The fourth-order valence-electron chi connectivity index (χ4n) is 4.78. The van der Waals surface area contributed by atoms with Gasteiger partial charge in [0.2, 0.25) is 5.88 Å². The molecular formula is C29H19N3O6. The number of nitro benzene ring substituents is 1. The predicted molar refractivity (Wildman–Crippen MR) is 139 cm³/mol. The summed E-state index contributed by atoms with van der Waals surface area (Å²) in [5, 5.41) is 16.3. The molecule has 0 saturated carbocycles. The fraction of sp³-hybridized carbons (Fsp3) is 0.0690. The van der Waals surface area contributed by atoms with Crippen LogP contribution in [0.4, 0.5) is 5.69 Å². The van der Waals surface area contributed by atoms with Crippen LogP contribution in [0.15, 0.2) is 84.9 Å². The van der Waals surface area contributed by atoms with Gasteiger partial charge in [0.25, 0.3) is 5.69 Å². The summed E-state index contributed by atoms with van der Waals surface area (Å²) in [7, 11) is 1.53. The van der Waals surface area contributed by atoms with Gasteiger partial charge in [0, 0.05) is 28.8 Å². The Morgan fingerprint density at radius 2 is 1.71 bits per heavy atom. The van der Waals surface area contributed by atoms with Crippen molar-refractivity contribution in [2.24, 2.45) is 0 Å². The zero-order chi connectivity index (χ0) is 26.4. The van der Waals surface area contributed by atoms with Crippen molar-refractivity contribution < 1.29 is 24.0 Å². The minimum Gasteiger partial charge on any atom is -0.497 e. The number of ketones is 1. The maximum atomic E-state index is 13.5. The van der Waals surface area contributed by atoms with Crippen LogP contribution in [0, 0.1) is 10.1 Å². The monoisotopic (exact) mass is 505 g/mol. The molecule has 0 saturated heterocycles. The number of carbonyl (C=O) groups is 2. The predicted octanol–water partition coefficient (Wildman–Crippen LogP) is 5.43. The largest absolute Gasteiger partial charge is 0.497 e. The first-order valence-electron chi connectivity index (χ1n) is 11.7. The molecule has 1 aliphatic rings. The van der Waals surface area contributed by atoms with E-state index in [-0.39, 0.29) is 29.5 Å². The number of benzene rings is 4. The van der Waals surface area contributed by atoms with Crippen LogP contribution in [0.3, 0.4) is 0 Å². The van der Waals surface area contributed by atoms with Gasteiger partial charge in [0.05, 0.1) is 35.0 Å². The molecule has 0 atom stereocenters. The molecule has 0 fully saturated rings. The molecule has 1 aliphatic carbocycles. The lowest BCUT2D eigenvalue weighted by atomic mass is 9.99. The van der Waals surface area contributed by atoms with Crippen molar-refractivity contribution in [2.75, 3.05) is 7.11 Å². The molecule has 38 heavy (non-hydrogen) atoms. The molecule has 0 radical (unpaired) electrons. The summed E-state index contributed by atoms with van der Waals surface area (Å²) in [6.07, 6.45) is 0. The number of nitrogens with zero attached hydrogens (tertiary/aromatic N) is 3. The normalized spacial score (nSPS) is 11.8. The van der Waals surface area contributed by atoms with Gasteiger partial charge in [-0.2, -0.15) is 0 Å². The van der Waals surface area contributed by atoms with E-state index in [1.807, 2.05) is 12.1 Å². The Labute approximate surface area is 216 Å². The van der Waals surface area contributed by atoms with E-state index in [4.69, 9.17) is 9.47 Å². The third-order valence-corrected chi connectivity index (χ3v) is 6.54. The number of rotatable bonds is 6. The molecular weight excluding hydrogens is 486 g/mol. The van der Waals surface area contributed by atoms with E-state index in [2.05, 4.69) is 5.10 Å². The first-order chi connectivity index (χ1) is 18.4. The van der Waals surface area contributed by atoms with Crippen molar-refractivity contribution in [3.63, 3.8) is 0 Å². The fourth-order valence-corrected chi connectivity index (χ4v) is 4.78. The van der Waals surface area contributed by atoms with Gasteiger partial charge in [-0.25, -0.2) is 4.79 Å². The summed E-state index contributed by atoms with van der Waals surface area (Å²) in [5.41, 5.74) is 3.75. The number of methoxy groups -OCH3 is 1. The van der Waals surface area contributed by atoms with E-state index in [1.165, 1.54) is 19.2 Å². The van der Waals surface area contributed by atoms with Crippen LogP contribution < -0.4 is 9.47 Å². The van der Waals surface area contributed by atoms with Gasteiger partial charge < -0.3 is 9.47 Å². The lowest BCUT2D eigenvalue weighted by Crippen LogP contribution is -2.11. The maximum absolute atomic E-state index is 13.5. The Hall–Kier alpha value is -5.31. The highest BCUT2D eigenvalue weighted by Crippen LogP contribution is 2.39. The number of ether oxygens (including phenoxy) is 2. The lowest BCUT2D eigenvalue weighted by molar-refractivity contribution is -0.384. The van der Waals surface area contributed by atoms with E-state index in [1.54, 1.807) is 65.3 Å². The molecule has 1 heterocycles. The number of hydrogen-bond acceptors (Lipinski definition) is 7. The van der Waals surface area contributed by atoms with Crippen molar-refractivity contribution in [2.45, 2.75) is 6.54 Å². The quantitative estimate of drug-likeness (QED) is 0.168. The second-order valence-corrected chi connectivity index (χ2v) is 8.77. The number of non-ortho nitro benzene ring substituents is 1. The van der Waals surface area contributed by atoms with Crippen LogP contribution in [0.1, 0.15) is 31.8 Å². The van der Waals surface area contributed by atoms with Crippen LogP contribution >= 0.6 is 0 Å². The second kappa shape index (κ2) is 8.97. The van der Waals surface area contributed by atoms with E-state index < -0.39 is 10.9 Å². The van der Waals surface area contributed by atoms with Crippen LogP contribution in [0.5, 0.6) is 11.6 Å². The SMILES string of the molecule is COc1ccc2c(c1)c(OC(=O)c1cccc3c1-c1ccccc1C3=O)nn2Cc1cccc([N+](=O)[O-])c1. The number of aromatic nitrogens is 2. The molecule has 4 aromatic carbocycles. The van der Waals surface area contributed by atoms with Gasteiger partial charge in [-0.15, -0.1) is 5.10 Å². The second-order valence-electron chi connectivity index (χ2n) is 8.77. The summed E-state index contributed by atoms with van der Waals surface area (Å²) >= 11 is 0. The van der Waals surface area contributed by atoms with Crippen molar-refractivity contribution in [3.8, 4) is 22.8 Å². The molecule has 9 heteroatoms. The summed E-state index contributed by atoms with van der Waals surface area (Å²) in [4.78, 5) is 37.1. The van der Waals surface area contributed by atoms with Crippen molar-refractivity contribution >= 4 is 28.3 Å². The number of carbonyl (C=O) groups excluding carboxylic acids is 2. The number of hydrogen-bond donors (Lipinski definition) is 0. The van der Waals surface area contributed by atoms with Crippen molar-refractivity contribution in [3.05, 3.63) is 117 Å². The van der Waals surface area contributed by atoms with Gasteiger partial charge in [-0.1, -0.05) is 48.5 Å². The molecule has 0 unspecified atom stereocenters. The summed E-state index contributed by atoms with van der Waals surface area (Å²) in [6, 6.07) is 23.6. The molecule has 9 nitrogen and oxygen atoms in total. The average Bonchev–Trinajstić information content (AvgIpc) is 3.43. The van der Waals surface area contributed by atoms with E-state index >= 15 is 0 Å². The Morgan fingerprint density at radius 1 is 0.947 bits per heavy atom. The molecule has 5 aromatic rings. The zero-order valence-electron chi connectivity index (χ0n) is 20.1. The van der Waals surface area contributed by atoms with Crippen LogP contribution in [-0.4, -0.2) is 33.6 Å². The van der Waals surface area contributed by atoms with Crippen LogP contribution in [0.2, 0.25) is 0 Å². The van der Waals surface area contributed by atoms with E-state index in [9.17, 15) is 19.7 Å². The molecule has 0 N–H and O–H groups in total. The topological polar surface area (TPSA) is 114 Å².